The molecule has 0 aliphatic rings. The fourth-order valence-corrected chi connectivity index (χ4v) is 1.19. The van der Waals surface area contributed by atoms with E-state index < -0.39 is 0 Å². The number of nitrogens with one attached hydrogen (secondary N) is 1. The number of thioether (sulfide) groups is 1. The number of carbonyl (C=O) groups is 1. The first-order valence-corrected chi connectivity index (χ1v) is 4.25. The minimum Gasteiger partial charge on any atom is -0.348 e. The van der Waals surface area contributed by atoms with E-state index in [4.69, 9.17) is 0 Å². The molecule has 1 aromatic heterocycles. The molecule has 0 atom stereocenters. The molecule has 0 spiro atoms. The van der Waals surface area contributed by atoms with Crippen LogP contribution in [0, 0.1) is 0 Å². The Hall–Kier alpha value is -1.11. The Kier molecular flexibility index (Phi) is 3.03. The number of tetrazole rings is 1. The Labute approximate surface area is 73.7 Å². The summed E-state index contributed by atoms with van der Waals surface area (Å²) < 4.78 is 0. The van der Waals surface area contributed by atoms with Crippen molar-refractivity contribution < 1.29 is 4.79 Å². The number of nitrogens with zero attached hydrogens (tertiary/aromatic N) is 4. The average Bonchev–Trinajstić information content (AvgIpc) is 2.51. The number of amides is 1. The van der Waals surface area contributed by atoms with Crippen molar-refractivity contribution in [2.75, 3.05) is 19.8 Å². The molecule has 0 aliphatic heterocycles. The van der Waals surface area contributed by atoms with Crippen LogP contribution in [0.4, 0.5) is 0 Å². The topological polar surface area (TPSA) is 74.8 Å². The summed E-state index contributed by atoms with van der Waals surface area (Å²) in [4.78, 5) is 12.6. The van der Waals surface area contributed by atoms with Crippen LogP contribution in [0.15, 0.2) is 5.16 Å². The second-order valence-electron chi connectivity index (χ2n) is 2.28. The number of hydrogen-bond donors (Lipinski definition) is 1. The van der Waals surface area contributed by atoms with E-state index in [2.05, 4.69) is 20.6 Å². The fraction of sp³-hybridized carbons (Fsp3) is 0.600. The Morgan fingerprint density at radius 2 is 2.42 bits per heavy atom. The van der Waals surface area contributed by atoms with Crippen LogP contribution in [0.2, 0.25) is 0 Å². The van der Waals surface area contributed by atoms with E-state index in [-0.39, 0.29) is 5.91 Å². The third kappa shape index (κ3) is 2.50. The number of aromatic amines is 1. The van der Waals surface area contributed by atoms with E-state index in [9.17, 15) is 4.79 Å². The predicted octanol–water partition coefficient (Wildman–Crippen LogP) is -0.620. The first kappa shape index (κ1) is 8.98. The third-order valence-electron chi connectivity index (χ3n) is 1.16. The molecule has 1 amide bonds. The smallest absolute Gasteiger partial charge is 0.232 e. The molecule has 7 heteroatoms. The molecule has 0 saturated carbocycles. The maximum atomic E-state index is 11.1. The lowest BCUT2D eigenvalue weighted by Gasteiger charge is -2.07. The molecule has 6 nitrogen and oxygen atoms in total. The Bertz CT molecular complexity index is 246. The number of H-pyrrole nitrogens is 1. The van der Waals surface area contributed by atoms with Gasteiger partial charge < -0.3 is 4.90 Å². The van der Waals surface area contributed by atoms with E-state index in [0.29, 0.717) is 10.9 Å². The van der Waals surface area contributed by atoms with E-state index in [1.54, 1.807) is 14.1 Å². The Morgan fingerprint density at radius 1 is 1.67 bits per heavy atom. The van der Waals surface area contributed by atoms with Crippen molar-refractivity contribution in [2.45, 2.75) is 5.16 Å². The van der Waals surface area contributed by atoms with Crippen LogP contribution in [-0.2, 0) is 4.79 Å². The molecule has 0 fully saturated rings. The lowest BCUT2D eigenvalue weighted by atomic mass is 10.6. The van der Waals surface area contributed by atoms with Gasteiger partial charge in [0.25, 0.3) is 0 Å². The van der Waals surface area contributed by atoms with Gasteiger partial charge in [-0.15, -0.1) is 5.10 Å². The lowest BCUT2D eigenvalue weighted by molar-refractivity contribution is -0.125. The zero-order valence-corrected chi connectivity index (χ0v) is 7.63. The zero-order chi connectivity index (χ0) is 8.97. The Balaban J connectivity index is 2.32. The highest BCUT2D eigenvalue weighted by atomic mass is 32.2. The maximum absolute atomic E-state index is 11.1. The molecule has 1 rings (SSSR count). The van der Waals surface area contributed by atoms with Gasteiger partial charge in [0.15, 0.2) is 0 Å². The summed E-state index contributed by atoms with van der Waals surface area (Å²) in [6, 6.07) is 0. The summed E-state index contributed by atoms with van der Waals surface area (Å²) in [6.45, 7) is 0. The maximum Gasteiger partial charge on any atom is 0.232 e. The van der Waals surface area contributed by atoms with Gasteiger partial charge in [-0.2, -0.15) is 0 Å². The third-order valence-corrected chi connectivity index (χ3v) is 1.99. The highest BCUT2D eigenvalue weighted by Gasteiger charge is 2.06. The van der Waals surface area contributed by atoms with Crippen LogP contribution in [0.5, 0.6) is 0 Å². The molecule has 0 unspecified atom stereocenters. The Morgan fingerprint density at radius 3 is 2.92 bits per heavy atom. The second-order valence-corrected chi connectivity index (χ2v) is 3.25. The molecule has 1 heterocycles. The van der Waals surface area contributed by atoms with E-state index in [1.165, 1.54) is 16.7 Å². The monoisotopic (exact) mass is 187 g/mol. The van der Waals surface area contributed by atoms with Gasteiger partial charge >= 0.3 is 0 Å². The SMILES string of the molecule is CN(C)C(=O)CSc1nnn[nH]1. The summed E-state index contributed by atoms with van der Waals surface area (Å²) in [7, 11) is 3.42. The van der Waals surface area contributed by atoms with Crippen LogP contribution >= 0.6 is 11.8 Å². The van der Waals surface area contributed by atoms with Crippen molar-refractivity contribution in [1.29, 1.82) is 0 Å². The summed E-state index contributed by atoms with van der Waals surface area (Å²) in [5.41, 5.74) is 0. The molecule has 0 saturated heterocycles. The fourth-order valence-electron chi connectivity index (χ4n) is 0.471. The van der Waals surface area contributed by atoms with Crippen LogP contribution in [0.1, 0.15) is 0 Å². The van der Waals surface area contributed by atoms with Crippen molar-refractivity contribution >= 4 is 17.7 Å². The minimum absolute atomic E-state index is 0.0383. The molecule has 0 radical (unpaired) electrons. The van der Waals surface area contributed by atoms with Gasteiger partial charge in [-0.3, -0.25) is 4.79 Å². The van der Waals surface area contributed by atoms with Crippen molar-refractivity contribution in [2.24, 2.45) is 0 Å². The van der Waals surface area contributed by atoms with Gasteiger partial charge in [0.05, 0.1) is 5.75 Å². The van der Waals surface area contributed by atoms with Gasteiger partial charge in [0, 0.05) is 14.1 Å². The summed E-state index contributed by atoms with van der Waals surface area (Å²) in [5, 5.41) is 13.5. The summed E-state index contributed by atoms with van der Waals surface area (Å²) in [6.07, 6.45) is 0. The molecule has 0 aliphatic carbocycles. The van der Waals surface area contributed by atoms with Gasteiger partial charge in [-0.25, -0.2) is 5.10 Å². The molecule has 66 valence electrons. The number of aromatic nitrogens is 4. The second kappa shape index (κ2) is 4.05. The van der Waals surface area contributed by atoms with Crippen molar-refractivity contribution in [3.63, 3.8) is 0 Å². The highest BCUT2D eigenvalue weighted by molar-refractivity contribution is 7.99. The zero-order valence-electron chi connectivity index (χ0n) is 6.81. The molecular weight excluding hydrogens is 178 g/mol. The molecule has 0 bridgehead atoms. The summed E-state index contributed by atoms with van der Waals surface area (Å²) in [5.74, 6) is 0.389. The van der Waals surface area contributed by atoms with Gasteiger partial charge in [-0.1, -0.05) is 11.8 Å². The van der Waals surface area contributed by atoms with Crippen molar-refractivity contribution in [3.05, 3.63) is 0 Å². The van der Waals surface area contributed by atoms with Crippen molar-refractivity contribution in [3.8, 4) is 0 Å². The van der Waals surface area contributed by atoms with E-state index in [0.717, 1.165) is 0 Å². The molecule has 1 aromatic rings. The average molecular weight is 187 g/mol. The van der Waals surface area contributed by atoms with Gasteiger partial charge in [0.1, 0.15) is 0 Å². The quantitative estimate of drug-likeness (QED) is 0.638. The normalized spacial score (nSPS) is 9.83. The minimum atomic E-state index is 0.0383. The molecule has 12 heavy (non-hydrogen) atoms. The predicted molar refractivity (Wildman–Crippen MR) is 43.6 cm³/mol. The van der Waals surface area contributed by atoms with E-state index in [1.807, 2.05) is 0 Å². The summed E-state index contributed by atoms with van der Waals surface area (Å²) >= 11 is 1.28. The first-order valence-electron chi connectivity index (χ1n) is 3.27. The molecule has 0 aromatic carbocycles. The standard InChI is InChI=1S/C5H9N5OS/c1-10(2)4(11)3-12-5-6-8-9-7-5/h3H2,1-2H3,(H,6,7,8,9). The number of hydrogen-bond acceptors (Lipinski definition) is 5. The van der Waals surface area contributed by atoms with Gasteiger partial charge in [0.2, 0.25) is 11.1 Å². The highest BCUT2D eigenvalue weighted by Crippen LogP contribution is 2.09. The molecular formula is C5H9N5OS. The number of carbonyl (C=O) groups excluding carboxylic acids is 1. The van der Waals surface area contributed by atoms with Crippen LogP contribution in [-0.4, -0.2) is 51.3 Å². The van der Waals surface area contributed by atoms with Crippen molar-refractivity contribution in [1.82, 2.24) is 25.5 Å². The lowest BCUT2D eigenvalue weighted by Crippen LogP contribution is -2.23. The first-order chi connectivity index (χ1) is 5.70. The van der Waals surface area contributed by atoms with Gasteiger partial charge in [-0.05, 0) is 10.4 Å². The largest absolute Gasteiger partial charge is 0.348 e. The van der Waals surface area contributed by atoms with Crippen LogP contribution < -0.4 is 0 Å². The number of rotatable bonds is 3. The van der Waals surface area contributed by atoms with Crippen LogP contribution in [0.25, 0.3) is 0 Å². The molecule has 1 N–H and O–H groups in total. The van der Waals surface area contributed by atoms with Crippen LogP contribution in [0.3, 0.4) is 0 Å². The van der Waals surface area contributed by atoms with E-state index >= 15 is 0 Å².